The normalized spacial score (nSPS) is 10.8. The molecule has 0 atom stereocenters. The molecule has 5 heteroatoms. The summed E-state index contributed by atoms with van der Waals surface area (Å²) in [5.41, 5.74) is 1.87. The monoisotopic (exact) mass is 304 g/mol. The van der Waals surface area contributed by atoms with Gasteiger partial charge in [-0.2, -0.15) is 0 Å². The summed E-state index contributed by atoms with van der Waals surface area (Å²) >= 11 is 6.10. The van der Waals surface area contributed by atoms with Crippen LogP contribution in [0.2, 0.25) is 5.02 Å². The largest absolute Gasteiger partial charge is 0.380 e. The van der Waals surface area contributed by atoms with E-state index in [1.165, 1.54) is 12.1 Å². The number of nitrogens with one attached hydrogen (secondary N) is 1. The summed E-state index contributed by atoms with van der Waals surface area (Å²) in [6.07, 6.45) is 1.66. The molecule has 0 amide bonds. The van der Waals surface area contributed by atoms with Crippen molar-refractivity contribution in [2.45, 2.75) is 6.54 Å². The van der Waals surface area contributed by atoms with Gasteiger partial charge in [0.2, 0.25) is 0 Å². The van der Waals surface area contributed by atoms with Gasteiger partial charge in [-0.1, -0.05) is 17.7 Å². The minimum absolute atomic E-state index is 0.248. The molecular weight excluding hydrogens is 294 g/mol. The first-order valence-electron chi connectivity index (χ1n) is 6.36. The van der Waals surface area contributed by atoms with Gasteiger partial charge in [-0.25, -0.2) is 8.78 Å². The zero-order valence-corrected chi connectivity index (χ0v) is 11.7. The van der Waals surface area contributed by atoms with Gasteiger partial charge in [0.15, 0.2) is 0 Å². The van der Waals surface area contributed by atoms with Gasteiger partial charge < -0.3 is 5.32 Å². The van der Waals surface area contributed by atoms with Crippen LogP contribution in [0.25, 0.3) is 10.9 Å². The van der Waals surface area contributed by atoms with Crippen molar-refractivity contribution < 1.29 is 8.78 Å². The summed E-state index contributed by atoms with van der Waals surface area (Å²) in [7, 11) is 0. The standard InChI is InChI=1S/C16H11ClF2N2/c17-13-5-6-15(12-2-1-7-20-16(12)13)21-9-10-3-4-11(18)8-14(10)19/h1-8,21H,9H2. The Bertz CT molecular complexity index is 805. The van der Waals surface area contributed by atoms with Crippen LogP contribution in [-0.2, 0) is 6.54 Å². The molecule has 0 spiro atoms. The smallest absolute Gasteiger partial charge is 0.131 e. The molecule has 3 rings (SSSR count). The second-order valence-corrected chi connectivity index (χ2v) is 4.99. The number of fused-ring (bicyclic) bond motifs is 1. The Morgan fingerprint density at radius 1 is 1.10 bits per heavy atom. The quantitative estimate of drug-likeness (QED) is 0.753. The van der Waals surface area contributed by atoms with Crippen LogP contribution in [0.1, 0.15) is 5.56 Å². The number of benzene rings is 2. The first kappa shape index (κ1) is 13.8. The fourth-order valence-electron chi connectivity index (χ4n) is 2.15. The third-order valence-corrected chi connectivity index (χ3v) is 3.51. The molecule has 0 aliphatic rings. The molecule has 3 aromatic rings. The Labute approximate surface area is 125 Å². The summed E-state index contributed by atoms with van der Waals surface area (Å²) in [6.45, 7) is 0.248. The van der Waals surface area contributed by atoms with Gasteiger partial charge in [-0.05, 0) is 30.3 Å². The van der Waals surface area contributed by atoms with E-state index in [4.69, 9.17) is 11.6 Å². The second-order valence-electron chi connectivity index (χ2n) is 4.58. The molecule has 0 saturated carbocycles. The maximum Gasteiger partial charge on any atom is 0.131 e. The maximum absolute atomic E-state index is 13.6. The molecule has 0 fully saturated rings. The van der Waals surface area contributed by atoms with Crippen molar-refractivity contribution in [3.63, 3.8) is 0 Å². The van der Waals surface area contributed by atoms with Gasteiger partial charge in [0.05, 0.1) is 10.5 Å². The molecule has 1 heterocycles. The highest BCUT2D eigenvalue weighted by Gasteiger charge is 2.07. The van der Waals surface area contributed by atoms with Gasteiger partial charge in [0.1, 0.15) is 11.6 Å². The third kappa shape index (κ3) is 2.81. The SMILES string of the molecule is Fc1ccc(CNc2ccc(Cl)c3ncccc23)c(F)c1. The molecule has 0 aliphatic heterocycles. The predicted octanol–water partition coefficient (Wildman–Crippen LogP) is 4.78. The lowest BCUT2D eigenvalue weighted by atomic mass is 10.1. The topological polar surface area (TPSA) is 24.9 Å². The van der Waals surface area contributed by atoms with Crippen LogP contribution in [0.5, 0.6) is 0 Å². The number of rotatable bonds is 3. The summed E-state index contributed by atoms with van der Waals surface area (Å²) in [5, 5.41) is 4.54. The van der Waals surface area contributed by atoms with Crippen LogP contribution in [0.3, 0.4) is 0 Å². The molecule has 0 unspecified atom stereocenters. The van der Waals surface area contributed by atoms with Gasteiger partial charge in [-0.3, -0.25) is 4.98 Å². The molecular formula is C16H11ClF2N2. The predicted molar refractivity (Wildman–Crippen MR) is 80.4 cm³/mol. The minimum atomic E-state index is -0.586. The highest BCUT2D eigenvalue weighted by atomic mass is 35.5. The first-order valence-corrected chi connectivity index (χ1v) is 6.74. The van der Waals surface area contributed by atoms with Gasteiger partial charge >= 0.3 is 0 Å². The lowest BCUT2D eigenvalue weighted by Crippen LogP contribution is -2.03. The molecule has 0 radical (unpaired) electrons. The number of hydrogen-bond acceptors (Lipinski definition) is 2. The maximum atomic E-state index is 13.6. The van der Waals surface area contributed by atoms with Crippen LogP contribution in [0, 0.1) is 11.6 Å². The molecule has 106 valence electrons. The average molecular weight is 305 g/mol. The zero-order chi connectivity index (χ0) is 14.8. The van der Waals surface area contributed by atoms with E-state index >= 15 is 0 Å². The summed E-state index contributed by atoms with van der Waals surface area (Å²) in [5.74, 6) is -1.16. The molecule has 21 heavy (non-hydrogen) atoms. The van der Waals surface area contributed by atoms with Crippen LogP contribution >= 0.6 is 11.6 Å². The Morgan fingerprint density at radius 3 is 2.76 bits per heavy atom. The zero-order valence-electron chi connectivity index (χ0n) is 10.9. The molecule has 0 aliphatic carbocycles. The van der Waals surface area contributed by atoms with Crippen molar-refractivity contribution in [3.8, 4) is 0 Å². The fraction of sp³-hybridized carbons (Fsp3) is 0.0625. The van der Waals surface area contributed by atoms with Crippen LogP contribution in [0.15, 0.2) is 48.7 Å². The number of aromatic nitrogens is 1. The van der Waals surface area contributed by atoms with Crippen LogP contribution in [-0.4, -0.2) is 4.98 Å². The van der Waals surface area contributed by atoms with Crippen molar-refractivity contribution >= 4 is 28.2 Å². The Hall–Kier alpha value is -2.20. The van der Waals surface area contributed by atoms with E-state index in [-0.39, 0.29) is 6.54 Å². The summed E-state index contributed by atoms with van der Waals surface area (Å²) in [6, 6.07) is 10.8. The lowest BCUT2D eigenvalue weighted by Gasteiger charge is -2.11. The van der Waals surface area contributed by atoms with E-state index in [9.17, 15) is 8.78 Å². The van der Waals surface area contributed by atoms with Crippen molar-refractivity contribution in [1.82, 2.24) is 4.98 Å². The van der Waals surface area contributed by atoms with E-state index in [1.807, 2.05) is 18.2 Å². The molecule has 0 saturated heterocycles. The molecule has 0 bridgehead atoms. The van der Waals surface area contributed by atoms with E-state index < -0.39 is 11.6 Å². The van der Waals surface area contributed by atoms with Crippen molar-refractivity contribution in [2.24, 2.45) is 0 Å². The Kier molecular flexibility index (Phi) is 3.71. The molecule has 1 aromatic heterocycles. The van der Waals surface area contributed by atoms with E-state index in [0.717, 1.165) is 17.1 Å². The van der Waals surface area contributed by atoms with Gasteiger partial charge in [0.25, 0.3) is 0 Å². The third-order valence-electron chi connectivity index (χ3n) is 3.20. The average Bonchev–Trinajstić information content (AvgIpc) is 2.48. The van der Waals surface area contributed by atoms with E-state index in [0.29, 0.717) is 16.1 Å². The summed E-state index contributed by atoms with van der Waals surface area (Å²) in [4.78, 5) is 4.23. The number of halogens is 3. The molecule has 2 nitrogen and oxygen atoms in total. The number of pyridine rings is 1. The van der Waals surface area contributed by atoms with E-state index in [1.54, 1.807) is 12.3 Å². The Balaban J connectivity index is 1.90. The highest BCUT2D eigenvalue weighted by molar-refractivity contribution is 6.35. The van der Waals surface area contributed by atoms with Gasteiger partial charge in [0, 0.05) is 35.4 Å². The van der Waals surface area contributed by atoms with Gasteiger partial charge in [-0.15, -0.1) is 0 Å². The summed E-state index contributed by atoms with van der Waals surface area (Å²) < 4.78 is 26.5. The molecule has 1 N–H and O–H groups in total. The number of anilines is 1. The van der Waals surface area contributed by atoms with E-state index in [2.05, 4.69) is 10.3 Å². The first-order chi connectivity index (χ1) is 10.1. The number of hydrogen-bond donors (Lipinski definition) is 1. The van der Waals surface area contributed by atoms with Crippen molar-refractivity contribution in [3.05, 3.63) is 70.9 Å². The Morgan fingerprint density at radius 2 is 1.95 bits per heavy atom. The molecule has 2 aromatic carbocycles. The highest BCUT2D eigenvalue weighted by Crippen LogP contribution is 2.28. The lowest BCUT2D eigenvalue weighted by molar-refractivity contribution is 0.574. The van der Waals surface area contributed by atoms with Crippen LogP contribution in [0.4, 0.5) is 14.5 Å². The minimum Gasteiger partial charge on any atom is -0.380 e. The second kappa shape index (κ2) is 5.66. The fourth-order valence-corrected chi connectivity index (χ4v) is 2.36. The van der Waals surface area contributed by atoms with Crippen molar-refractivity contribution in [2.75, 3.05) is 5.32 Å². The number of nitrogens with zero attached hydrogens (tertiary/aromatic N) is 1. The van der Waals surface area contributed by atoms with Crippen molar-refractivity contribution in [1.29, 1.82) is 0 Å². The van der Waals surface area contributed by atoms with Crippen LogP contribution < -0.4 is 5.32 Å².